The van der Waals surface area contributed by atoms with Crippen molar-refractivity contribution in [3.05, 3.63) is 52.0 Å². The SMILES string of the molecule is CC(C)c1noc(N2CCCC3(CCc4c3nc(-c3cccnc3)[nH]c4=O)C2)n1. The van der Waals surface area contributed by atoms with E-state index in [1.54, 1.807) is 12.4 Å². The van der Waals surface area contributed by atoms with Crippen molar-refractivity contribution in [3.63, 3.8) is 0 Å². The number of aromatic amines is 1. The molecule has 3 aromatic heterocycles. The highest BCUT2D eigenvalue weighted by Gasteiger charge is 2.45. The Kier molecular flexibility index (Phi) is 4.22. The Morgan fingerprint density at radius 2 is 2.17 bits per heavy atom. The molecule has 0 aromatic carbocycles. The maximum absolute atomic E-state index is 12.8. The summed E-state index contributed by atoms with van der Waals surface area (Å²) in [5, 5.41) is 4.11. The summed E-state index contributed by atoms with van der Waals surface area (Å²) in [6.07, 6.45) is 7.10. The summed E-state index contributed by atoms with van der Waals surface area (Å²) in [4.78, 5) is 31.6. The fourth-order valence-corrected chi connectivity index (χ4v) is 4.57. The summed E-state index contributed by atoms with van der Waals surface area (Å²) in [7, 11) is 0. The van der Waals surface area contributed by atoms with Crippen molar-refractivity contribution in [2.24, 2.45) is 0 Å². The minimum atomic E-state index is -0.161. The Balaban J connectivity index is 1.52. The molecule has 1 atom stereocenters. The first-order valence-corrected chi connectivity index (χ1v) is 10.2. The first-order valence-electron chi connectivity index (χ1n) is 10.2. The number of pyridine rings is 1. The summed E-state index contributed by atoms with van der Waals surface area (Å²) in [5.74, 6) is 1.53. The third-order valence-electron chi connectivity index (χ3n) is 6.10. The summed E-state index contributed by atoms with van der Waals surface area (Å²) in [6, 6.07) is 4.33. The average Bonchev–Trinajstić information content (AvgIpc) is 3.36. The molecule has 1 saturated heterocycles. The van der Waals surface area contributed by atoms with Crippen molar-refractivity contribution in [1.29, 1.82) is 0 Å². The first kappa shape index (κ1) is 18.0. The van der Waals surface area contributed by atoms with Crippen LogP contribution in [0.1, 0.15) is 56.1 Å². The fraction of sp³-hybridized carbons (Fsp3) is 0.476. The van der Waals surface area contributed by atoms with Crippen molar-refractivity contribution in [1.82, 2.24) is 25.1 Å². The normalized spacial score (nSPS) is 21.1. The predicted molar refractivity (Wildman–Crippen MR) is 108 cm³/mol. The molecule has 0 bridgehead atoms. The van der Waals surface area contributed by atoms with E-state index in [1.807, 2.05) is 12.1 Å². The Labute approximate surface area is 168 Å². The second-order valence-corrected chi connectivity index (χ2v) is 8.38. The number of nitrogens with zero attached hydrogens (tertiary/aromatic N) is 5. The molecule has 8 heteroatoms. The van der Waals surface area contributed by atoms with Gasteiger partial charge in [0.2, 0.25) is 0 Å². The molecular weight excluding hydrogens is 368 g/mol. The standard InChI is InChI=1S/C21H24N6O2/c1-13(2)17-25-20(29-26-17)27-10-4-7-21(12-27)8-6-15-16(21)23-18(24-19(15)28)14-5-3-9-22-11-14/h3,5,9,11,13H,4,6-8,10,12H2,1-2H3,(H,23,24,28). The lowest BCUT2D eigenvalue weighted by Crippen LogP contribution is -2.46. The summed E-state index contributed by atoms with van der Waals surface area (Å²) in [6.45, 7) is 5.71. The van der Waals surface area contributed by atoms with E-state index in [9.17, 15) is 4.79 Å². The van der Waals surface area contributed by atoms with Gasteiger partial charge in [-0.05, 0) is 37.8 Å². The monoisotopic (exact) mass is 392 g/mol. The van der Waals surface area contributed by atoms with Crippen LogP contribution in [0.3, 0.4) is 0 Å². The van der Waals surface area contributed by atoms with Crippen LogP contribution in [-0.4, -0.2) is 38.2 Å². The molecular formula is C21H24N6O2. The van der Waals surface area contributed by atoms with Gasteiger partial charge in [0.25, 0.3) is 5.56 Å². The van der Waals surface area contributed by atoms with Gasteiger partial charge in [0, 0.05) is 47.9 Å². The van der Waals surface area contributed by atoms with Gasteiger partial charge in [-0.1, -0.05) is 19.0 Å². The van der Waals surface area contributed by atoms with Crippen molar-refractivity contribution < 1.29 is 4.52 Å². The van der Waals surface area contributed by atoms with Gasteiger partial charge in [0.15, 0.2) is 5.82 Å². The van der Waals surface area contributed by atoms with E-state index in [4.69, 9.17) is 9.51 Å². The van der Waals surface area contributed by atoms with Crippen LogP contribution in [0.15, 0.2) is 33.8 Å². The molecule has 0 radical (unpaired) electrons. The van der Waals surface area contributed by atoms with Crippen LogP contribution in [0.5, 0.6) is 0 Å². The molecule has 1 fully saturated rings. The Morgan fingerprint density at radius 1 is 1.28 bits per heavy atom. The van der Waals surface area contributed by atoms with E-state index in [2.05, 4.69) is 38.9 Å². The van der Waals surface area contributed by atoms with Gasteiger partial charge in [0.05, 0.1) is 5.69 Å². The van der Waals surface area contributed by atoms with Crippen molar-refractivity contribution in [2.75, 3.05) is 18.0 Å². The maximum Gasteiger partial charge on any atom is 0.324 e. The molecule has 1 N–H and O–H groups in total. The Bertz CT molecular complexity index is 1090. The van der Waals surface area contributed by atoms with E-state index in [0.717, 1.165) is 61.4 Å². The lowest BCUT2D eigenvalue weighted by atomic mass is 9.77. The van der Waals surface area contributed by atoms with E-state index >= 15 is 0 Å². The highest BCUT2D eigenvalue weighted by Crippen LogP contribution is 2.44. The number of H-pyrrole nitrogens is 1. The van der Waals surface area contributed by atoms with E-state index < -0.39 is 0 Å². The number of nitrogens with one attached hydrogen (secondary N) is 1. The minimum Gasteiger partial charge on any atom is -0.323 e. The molecule has 5 rings (SSSR count). The molecule has 1 unspecified atom stereocenters. The molecule has 1 spiro atoms. The predicted octanol–water partition coefficient (Wildman–Crippen LogP) is 2.82. The molecule has 1 aliphatic carbocycles. The number of fused-ring (bicyclic) bond motifs is 2. The third-order valence-corrected chi connectivity index (χ3v) is 6.10. The zero-order valence-corrected chi connectivity index (χ0v) is 16.7. The average molecular weight is 392 g/mol. The second kappa shape index (κ2) is 6.79. The number of piperidine rings is 1. The lowest BCUT2D eigenvalue weighted by Gasteiger charge is -2.39. The summed E-state index contributed by atoms with van der Waals surface area (Å²) < 4.78 is 5.54. The zero-order valence-electron chi connectivity index (χ0n) is 16.7. The fourth-order valence-electron chi connectivity index (χ4n) is 4.57. The quantitative estimate of drug-likeness (QED) is 0.731. The number of aromatic nitrogens is 5. The highest BCUT2D eigenvalue weighted by molar-refractivity contribution is 5.54. The van der Waals surface area contributed by atoms with Crippen LogP contribution in [0.4, 0.5) is 6.01 Å². The Hall–Kier alpha value is -3.03. The largest absolute Gasteiger partial charge is 0.324 e. The van der Waals surface area contributed by atoms with Gasteiger partial charge < -0.3 is 14.4 Å². The number of anilines is 1. The van der Waals surface area contributed by atoms with E-state index in [0.29, 0.717) is 11.8 Å². The minimum absolute atomic E-state index is 0.0391. The number of hydrogen-bond donors (Lipinski definition) is 1. The second-order valence-electron chi connectivity index (χ2n) is 8.38. The van der Waals surface area contributed by atoms with Crippen LogP contribution >= 0.6 is 0 Å². The molecule has 4 heterocycles. The maximum atomic E-state index is 12.8. The van der Waals surface area contributed by atoms with Gasteiger partial charge >= 0.3 is 6.01 Å². The van der Waals surface area contributed by atoms with Crippen molar-refractivity contribution in [2.45, 2.75) is 50.9 Å². The van der Waals surface area contributed by atoms with E-state index in [-0.39, 0.29) is 16.9 Å². The van der Waals surface area contributed by atoms with Gasteiger partial charge in [-0.2, -0.15) is 4.98 Å². The molecule has 2 aliphatic rings. The first-order chi connectivity index (χ1) is 14.1. The van der Waals surface area contributed by atoms with Crippen molar-refractivity contribution >= 4 is 6.01 Å². The van der Waals surface area contributed by atoms with Gasteiger partial charge in [-0.25, -0.2) is 4.98 Å². The van der Waals surface area contributed by atoms with Crippen LogP contribution in [0, 0.1) is 0 Å². The molecule has 150 valence electrons. The topological polar surface area (TPSA) is 101 Å². The van der Waals surface area contributed by atoms with Gasteiger partial charge in [-0.15, -0.1) is 0 Å². The lowest BCUT2D eigenvalue weighted by molar-refractivity contribution is 0.312. The van der Waals surface area contributed by atoms with E-state index in [1.165, 1.54) is 0 Å². The molecule has 29 heavy (non-hydrogen) atoms. The number of rotatable bonds is 3. The van der Waals surface area contributed by atoms with Crippen molar-refractivity contribution in [3.8, 4) is 11.4 Å². The summed E-state index contributed by atoms with van der Waals surface area (Å²) in [5.41, 5.74) is 2.36. The van der Waals surface area contributed by atoms with Gasteiger partial charge in [0.1, 0.15) is 5.82 Å². The molecule has 1 aliphatic heterocycles. The number of hydrogen-bond acceptors (Lipinski definition) is 7. The zero-order chi connectivity index (χ0) is 20.0. The van der Waals surface area contributed by atoms with Crippen LogP contribution in [0.2, 0.25) is 0 Å². The highest BCUT2D eigenvalue weighted by atomic mass is 16.5. The molecule has 0 saturated carbocycles. The van der Waals surface area contributed by atoms with Gasteiger partial charge in [-0.3, -0.25) is 9.78 Å². The molecule has 0 amide bonds. The molecule has 8 nitrogen and oxygen atoms in total. The molecule has 3 aromatic rings. The smallest absolute Gasteiger partial charge is 0.323 e. The Morgan fingerprint density at radius 3 is 2.93 bits per heavy atom. The van der Waals surface area contributed by atoms with Crippen LogP contribution in [0.25, 0.3) is 11.4 Å². The van der Waals surface area contributed by atoms with Crippen LogP contribution < -0.4 is 10.5 Å². The summed E-state index contributed by atoms with van der Waals surface area (Å²) >= 11 is 0. The third kappa shape index (κ3) is 3.03. The van der Waals surface area contributed by atoms with Crippen LogP contribution in [-0.2, 0) is 11.8 Å².